The van der Waals surface area contributed by atoms with Crippen LogP contribution in [0.5, 0.6) is 0 Å². The van der Waals surface area contributed by atoms with E-state index in [0.717, 1.165) is 77.6 Å². The number of esters is 4. The maximum absolute atomic E-state index is 13.6. The molecule has 4 amide bonds. The van der Waals surface area contributed by atoms with Crippen molar-refractivity contribution in [3.8, 4) is 44.5 Å². The normalized spacial score (nSPS) is 10.5. The SMILES string of the molecule is CCO.CO.COC(=O)c1ccc(-c2cccc(N)c2)cc1.COC(=O)c1ccc(-c2cccc(NC(=O)c3ccc4c(c3)NC(=O)c3cc(F)ccc3S4)c2)cc1.COC(=O)c1ccc(-c2cccc([N+](=O)[O-])c2)cc1.COC(=O)c1ccc(Br)cc1.O.O=C(O)c1ccc(-c2cccc(NC(=O)c3ccc4c(c3)NC(=O)c3cc(F)ccc3S4)c2)cc1.O=[N+]([O-])c1cccc(B(O)O)c1.[K+].[OH-]. The van der Waals surface area contributed by atoms with Gasteiger partial charge in [0.05, 0.1) is 88.6 Å². The van der Waals surface area contributed by atoms with Crippen molar-refractivity contribution < 1.29 is 168 Å². The van der Waals surface area contributed by atoms with Gasteiger partial charge in [-0.3, -0.25) is 39.4 Å². The molecule has 0 aliphatic carbocycles. The standard InChI is InChI=1S/C28H19FN2O4S.C27H17FN2O4S.C14H11NO4.C14H13NO2.C8H7BrO2.C6H6BNO4.C2H6O.CH4O.K.2H2O/c1-35-28(34)17-7-5-16(6-8-17)18-3-2-4-21(13-18)30-26(32)19-9-11-25-23(14-19)31-27(33)22-15-20(29)10-12-24(22)36-25;28-19-9-11-23-21(14-19)26(32)30-22-13-18(8-10-24(22)35-23)25(31)29-20-3-1-2-17(12-20)15-4-6-16(7-5-15)27(33)34;1-19-14(16)11-7-5-10(6-8-11)12-3-2-4-13(9-12)15(17)18;1-17-14(16)11-7-5-10(6-8-11)12-3-2-4-13(15)9-12;1-11-8(10)6-2-4-7(9)5-3-6;9-7(10)5-2-1-3-6(4-5)8(11)12;1-2-3;1-2;;;/h2-15H,1H3,(H,30,32)(H,31,33);1-14H,(H,29,31)(H,30,32)(H,33,34);2-9H,1H3;2-9H,15H2,1H3;2-5H,1H3;1-4,9-10H;3H,2H2,1H3;2H,1H3;;2*1H2/q;;;;;;;;+1;;/p-1. The molecule has 38 heteroatoms. The zero-order valence-electron chi connectivity index (χ0n) is 74.4. The molecule has 14 N–H and O–H groups in total. The predicted molar refractivity (Wildman–Crippen MR) is 520 cm³/mol. The number of nitro groups is 2. The monoisotopic (exact) mass is 2000 g/mol. The Kier molecular flexibility index (Phi) is 45.1. The van der Waals surface area contributed by atoms with Crippen molar-refractivity contribution in [1.29, 1.82) is 0 Å². The Labute approximate surface area is 848 Å². The van der Waals surface area contributed by atoms with Crippen LogP contribution in [0, 0.1) is 31.9 Å². The van der Waals surface area contributed by atoms with Crippen molar-refractivity contribution in [2.45, 2.75) is 26.5 Å². The number of methoxy groups -OCH3 is 4. The maximum Gasteiger partial charge on any atom is 1.00 e. The number of anilines is 5. The molecule has 0 fully saturated rings. The Balaban J connectivity index is 0.000000264. The number of ether oxygens (including phenoxy) is 4. The summed E-state index contributed by atoms with van der Waals surface area (Å²) in [4.78, 5) is 130. The minimum absolute atomic E-state index is 0. The van der Waals surface area contributed by atoms with Crippen LogP contribution in [-0.4, -0.2) is 149 Å². The van der Waals surface area contributed by atoms with Gasteiger partial charge in [-0.25, -0.2) is 32.8 Å². The molecule has 0 aromatic heterocycles. The molecule has 2 aliphatic heterocycles. The number of non-ortho nitro benzene ring substituents is 2. The second-order valence-electron chi connectivity index (χ2n) is 27.9. The number of amides is 4. The molecule has 702 valence electrons. The van der Waals surface area contributed by atoms with E-state index < -0.39 is 58.3 Å². The van der Waals surface area contributed by atoms with Gasteiger partial charge >= 0.3 is 88.3 Å². The topological polar surface area (TPSA) is 514 Å². The van der Waals surface area contributed by atoms with Crippen LogP contribution < -0.4 is 83.8 Å². The molecule has 0 atom stereocenters. The van der Waals surface area contributed by atoms with E-state index in [-0.39, 0.29) is 126 Å². The van der Waals surface area contributed by atoms with Gasteiger partial charge in [0.25, 0.3) is 35.0 Å². The van der Waals surface area contributed by atoms with Crippen LogP contribution in [0.2, 0.25) is 0 Å². The van der Waals surface area contributed by atoms with E-state index in [1.807, 2.05) is 72.8 Å². The Bertz CT molecular complexity index is 6660. The number of aliphatic hydroxyl groups is 2. The number of aromatic carboxylic acids is 1. The fourth-order valence-electron chi connectivity index (χ4n) is 12.4. The molecule has 0 radical (unpaired) electrons. The Hall–Kier alpha value is -14.6. The smallest absolute Gasteiger partial charge is 0.870 e. The summed E-state index contributed by atoms with van der Waals surface area (Å²) in [5, 5.41) is 73.2. The van der Waals surface area contributed by atoms with Crippen molar-refractivity contribution in [3.05, 3.63) is 402 Å². The van der Waals surface area contributed by atoms with Crippen LogP contribution in [-0.2, 0) is 18.9 Å². The predicted octanol–water partition coefficient (Wildman–Crippen LogP) is 15.3. The number of hydrogen-bond donors (Lipinski definition) is 10. The molecule has 2 aliphatic rings. The van der Waals surface area contributed by atoms with Gasteiger partial charge < -0.3 is 82.3 Å². The number of nitrogens with zero attached hydrogens (tertiary/aromatic N) is 2. The number of carbonyl (C=O) groups is 9. The van der Waals surface area contributed by atoms with Crippen LogP contribution in [0.3, 0.4) is 0 Å². The third-order valence-corrected chi connectivity index (χ3v) is 21.8. The molecule has 16 rings (SSSR count). The number of aliphatic hydroxyl groups excluding tert-OH is 2. The van der Waals surface area contributed by atoms with Crippen LogP contribution in [0.15, 0.2) is 340 Å². The van der Waals surface area contributed by atoms with Gasteiger partial charge in [-0.1, -0.05) is 149 Å². The average molecular weight is 2000 g/mol. The van der Waals surface area contributed by atoms with Crippen LogP contribution in [0.25, 0.3) is 44.5 Å². The zero-order valence-corrected chi connectivity index (χ0v) is 80.7. The van der Waals surface area contributed by atoms with Crippen LogP contribution >= 0.6 is 39.5 Å². The number of carboxylic acid groups (broad SMARTS) is 1. The molecule has 31 nitrogen and oxygen atoms in total. The van der Waals surface area contributed by atoms with Gasteiger partial charge in [-0.2, -0.15) is 0 Å². The van der Waals surface area contributed by atoms with Crippen molar-refractivity contribution in [3.63, 3.8) is 0 Å². The number of nitrogens with one attached hydrogen (secondary N) is 4. The Morgan fingerprint density at radius 2 is 0.725 bits per heavy atom. The van der Waals surface area contributed by atoms with Gasteiger partial charge in [0.2, 0.25) is 0 Å². The third-order valence-electron chi connectivity index (χ3n) is 19.0. The summed E-state index contributed by atoms with van der Waals surface area (Å²) in [5.41, 5.74) is 18.9. The van der Waals surface area contributed by atoms with Crippen LogP contribution in [0.1, 0.15) is 100 Å². The molecule has 14 aromatic carbocycles. The molecule has 14 aromatic rings. The Morgan fingerprint density at radius 3 is 1.07 bits per heavy atom. The fourth-order valence-corrected chi connectivity index (χ4v) is 14.6. The Morgan fingerprint density at radius 1 is 0.420 bits per heavy atom. The van der Waals surface area contributed by atoms with E-state index in [2.05, 4.69) is 51.4 Å². The first-order chi connectivity index (χ1) is 64.9. The fraction of sp³-hybridized carbons (Fsp3) is 0.0700. The number of nitrogen functional groups attached to an aromatic ring is 1. The molecule has 0 saturated heterocycles. The van der Waals surface area contributed by atoms with Crippen molar-refractivity contribution in [2.75, 3.05) is 69.2 Å². The number of nitro benzene ring substituents is 2. The summed E-state index contributed by atoms with van der Waals surface area (Å²) in [6.45, 7) is 1.93. The first-order valence-corrected chi connectivity index (χ1v) is 42.5. The first kappa shape index (κ1) is 112. The van der Waals surface area contributed by atoms with Gasteiger partial charge in [0.1, 0.15) is 11.6 Å². The average Bonchev–Trinajstić information content (AvgIpc) is 1.62. The second kappa shape index (κ2) is 55.4. The molecular formula is C100H86BBrF2KN7O24S2. The van der Waals surface area contributed by atoms with E-state index in [0.29, 0.717) is 65.9 Å². The summed E-state index contributed by atoms with van der Waals surface area (Å²) in [6.07, 6.45) is 0. The minimum Gasteiger partial charge on any atom is -0.870 e. The van der Waals surface area contributed by atoms with Crippen molar-refractivity contribution in [2.24, 2.45) is 0 Å². The van der Waals surface area contributed by atoms with E-state index in [9.17, 15) is 72.2 Å². The van der Waals surface area contributed by atoms with E-state index in [1.165, 1.54) is 119 Å². The van der Waals surface area contributed by atoms with Gasteiger partial charge in [0.15, 0.2) is 0 Å². The first-order valence-electron chi connectivity index (χ1n) is 40.1. The summed E-state index contributed by atoms with van der Waals surface area (Å²) in [5.74, 6) is -5.02. The molecule has 0 unspecified atom stereocenters. The molecule has 138 heavy (non-hydrogen) atoms. The number of rotatable bonds is 16. The van der Waals surface area contributed by atoms with Gasteiger partial charge in [-0.05, 0) is 239 Å². The minimum atomic E-state index is -1.66. The van der Waals surface area contributed by atoms with E-state index in [4.69, 9.17) is 35.8 Å². The summed E-state index contributed by atoms with van der Waals surface area (Å²) >= 11 is 5.92. The van der Waals surface area contributed by atoms with Crippen molar-refractivity contribution >= 4 is 145 Å². The molecule has 0 saturated carbocycles. The van der Waals surface area contributed by atoms with Gasteiger partial charge in [-0.15, -0.1) is 0 Å². The van der Waals surface area contributed by atoms with E-state index >= 15 is 0 Å². The van der Waals surface area contributed by atoms with Crippen LogP contribution in [0.4, 0.5) is 48.6 Å². The molecule has 0 spiro atoms. The quantitative estimate of drug-likeness (QED) is 0.0107. The van der Waals surface area contributed by atoms with Crippen molar-refractivity contribution in [1.82, 2.24) is 0 Å². The number of benzene rings is 14. The number of carbonyl (C=O) groups excluding carboxylic acids is 8. The van der Waals surface area contributed by atoms with Gasteiger partial charge in [0, 0.05) is 90.2 Å². The number of fused-ring (bicyclic) bond motifs is 4. The third kappa shape index (κ3) is 32.3. The number of hydrogen-bond acceptors (Lipinski definition) is 25. The summed E-state index contributed by atoms with van der Waals surface area (Å²) < 4.78 is 46.7. The summed E-state index contributed by atoms with van der Waals surface area (Å²) in [7, 11) is 4.72. The second-order valence-corrected chi connectivity index (χ2v) is 31.0. The number of nitrogens with two attached hydrogens (primary N) is 1. The largest absolute Gasteiger partial charge is 1.00 e. The zero-order chi connectivity index (χ0) is 98.0. The molecular weight excluding hydrogens is 1920 g/mol. The number of halogens is 3. The maximum atomic E-state index is 13.6. The number of carboxylic acids is 1. The molecule has 0 bridgehead atoms. The van der Waals surface area contributed by atoms with E-state index in [1.54, 1.807) is 177 Å². The summed E-state index contributed by atoms with van der Waals surface area (Å²) in [6, 6.07) is 86.2. The molecule has 2 heterocycles.